The molecular formula is C9H16O4. The third kappa shape index (κ3) is 24.9. The molecule has 0 heterocycles. The first kappa shape index (κ1) is 14.2. The summed E-state index contributed by atoms with van der Waals surface area (Å²) in [6.45, 7) is 5.25. The molecule has 0 unspecified atom stereocenters. The van der Waals surface area contributed by atoms with Crippen molar-refractivity contribution in [1.82, 2.24) is 0 Å². The van der Waals surface area contributed by atoms with Crippen LogP contribution in [0, 0.1) is 0 Å². The van der Waals surface area contributed by atoms with Crippen LogP contribution >= 0.6 is 0 Å². The van der Waals surface area contributed by atoms with Crippen molar-refractivity contribution in [2.75, 3.05) is 0 Å². The Kier molecular flexibility index (Phi) is 11.7. The molecule has 0 radical (unpaired) electrons. The fourth-order valence-electron chi connectivity index (χ4n) is 0.552. The minimum Gasteiger partial charge on any atom is -0.481 e. The predicted molar refractivity (Wildman–Crippen MR) is 49.6 cm³/mol. The van der Waals surface area contributed by atoms with E-state index in [0.717, 1.165) is 0 Å². The number of rotatable bonds is 5. The van der Waals surface area contributed by atoms with E-state index >= 15 is 0 Å². The first-order chi connectivity index (χ1) is 6.04. The van der Waals surface area contributed by atoms with Crippen molar-refractivity contribution in [1.29, 1.82) is 0 Å². The highest BCUT2D eigenvalue weighted by Crippen LogP contribution is 1.98. The standard InChI is InChI=1S/C6H10O4.C3H6/c7-5(8)3-1-2-4-6(9)10;1-3-2/h1-4H2,(H,7,8)(H,9,10);3H,1H2,2H3. The van der Waals surface area contributed by atoms with Crippen LogP contribution in [0.15, 0.2) is 12.7 Å². The first-order valence-corrected chi connectivity index (χ1v) is 4.05. The van der Waals surface area contributed by atoms with E-state index in [4.69, 9.17) is 10.2 Å². The maximum absolute atomic E-state index is 9.90. The lowest BCUT2D eigenvalue weighted by Gasteiger charge is -1.92. The van der Waals surface area contributed by atoms with Crippen molar-refractivity contribution in [3.63, 3.8) is 0 Å². The normalized spacial score (nSPS) is 8.08. The third-order valence-corrected chi connectivity index (χ3v) is 1.03. The maximum Gasteiger partial charge on any atom is 0.303 e. The molecule has 0 aliphatic carbocycles. The summed E-state index contributed by atoms with van der Waals surface area (Å²) < 4.78 is 0. The van der Waals surface area contributed by atoms with Gasteiger partial charge in [0.2, 0.25) is 0 Å². The second-order valence-electron chi connectivity index (χ2n) is 2.40. The Morgan fingerprint density at radius 1 is 1.15 bits per heavy atom. The molecule has 0 bridgehead atoms. The molecule has 0 aromatic carbocycles. The number of allylic oxidation sites excluding steroid dienone is 1. The minimum absolute atomic E-state index is 0.0628. The van der Waals surface area contributed by atoms with Crippen LogP contribution in [-0.4, -0.2) is 22.2 Å². The van der Waals surface area contributed by atoms with Crippen molar-refractivity contribution in [3.05, 3.63) is 12.7 Å². The molecule has 0 aromatic heterocycles. The lowest BCUT2D eigenvalue weighted by Crippen LogP contribution is -1.97. The van der Waals surface area contributed by atoms with Gasteiger partial charge in [0.15, 0.2) is 0 Å². The number of unbranched alkanes of at least 4 members (excludes halogenated alkanes) is 1. The Bertz CT molecular complexity index is 147. The monoisotopic (exact) mass is 188 g/mol. The van der Waals surface area contributed by atoms with Crippen LogP contribution in [-0.2, 0) is 9.59 Å². The van der Waals surface area contributed by atoms with Gasteiger partial charge in [0, 0.05) is 12.8 Å². The number of hydrogen-bond acceptors (Lipinski definition) is 2. The van der Waals surface area contributed by atoms with Crippen LogP contribution in [0.5, 0.6) is 0 Å². The molecule has 0 aromatic rings. The summed E-state index contributed by atoms with van der Waals surface area (Å²) in [5, 5.41) is 16.3. The summed E-state index contributed by atoms with van der Waals surface area (Å²) in [6.07, 6.45) is 2.77. The molecule has 0 saturated heterocycles. The van der Waals surface area contributed by atoms with E-state index < -0.39 is 11.9 Å². The topological polar surface area (TPSA) is 74.6 Å². The quantitative estimate of drug-likeness (QED) is 0.510. The van der Waals surface area contributed by atoms with Gasteiger partial charge in [-0.2, -0.15) is 0 Å². The molecule has 0 saturated carbocycles. The van der Waals surface area contributed by atoms with Gasteiger partial charge in [-0.25, -0.2) is 0 Å². The molecular weight excluding hydrogens is 172 g/mol. The average molecular weight is 188 g/mol. The van der Waals surface area contributed by atoms with Crippen LogP contribution < -0.4 is 0 Å². The van der Waals surface area contributed by atoms with Gasteiger partial charge in [-0.05, 0) is 19.8 Å². The molecule has 0 spiro atoms. The van der Waals surface area contributed by atoms with Gasteiger partial charge in [0.1, 0.15) is 0 Å². The summed E-state index contributed by atoms with van der Waals surface area (Å²) in [6, 6.07) is 0. The lowest BCUT2D eigenvalue weighted by molar-refractivity contribution is -0.139. The molecule has 0 rings (SSSR count). The van der Waals surface area contributed by atoms with E-state index in [2.05, 4.69) is 6.58 Å². The summed E-state index contributed by atoms with van der Waals surface area (Å²) >= 11 is 0. The number of carboxylic acids is 2. The van der Waals surface area contributed by atoms with Crippen LogP contribution in [0.25, 0.3) is 0 Å². The molecule has 0 aliphatic rings. The number of aliphatic carboxylic acids is 2. The highest BCUT2D eigenvalue weighted by Gasteiger charge is 1.99. The van der Waals surface area contributed by atoms with Crippen LogP contribution in [0.3, 0.4) is 0 Å². The summed E-state index contributed by atoms with van der Waals surface area (Å²) in [7, 11) is 0. The van der Waals surface area contributed by atoms with Crippen molar-refractivity contribution >= 4 is 11.9 Å². The zero-order valence-electron chi connectivity index (χ0n) is 7.82. The van der Waals surface area contributed by atoms with Gasteiger partial charge in [0.25, 0.3) is 0 Å². The van der Waals surface area contributed by atoms with E-state index in [-0.39, 0.29) is 12.8 Å². The van der Waals surface area contributed by atoms with Crippen molar-refractivity contribution in [2.45, 2.75) is 32.6 Å². The Balaban J connectivity index is 0. The summed E-state index contributed by atoms with van der Waals surface area (Å²) in [5.74, 6) is -1.74. The number of hydrogen-bond donors (Lipinski definition) is 2. The highest BCUT2D eigenvalue weighted by molar-refractivity contribution is 5.67. The van der Waals surface area contributed by atoms with Crippen LogP contribution in [0.2, 0.25) is 0 Å². The third-order valence-electron chi connectivity index (χ3n) is 1.03. The Labute approximate surface area is 77.9 Å². The second-order valence-corrected chi connectivity index (χ2v) is 2.40. The largest absolute Gasteiger partial charge is 0.481 e. The minimum atomic E-state index is -0.870. The van der Waals surface area contributed by atoms with E-state index in [0.29, 0.717) is 12.8 Å². The summed E-state index contributed by atoms with van der Waals surface area (Å²) in [5.41, 5.74) is 0. The smallest absolute Gasteiger partial charge is 0.303 e. The number of carboxylic acid groups (broad SMARTS) is 2. The van der Waals surface area contributed by atoms with E-state index in [1.165, 1.54) is 0 Å². The van der Waals surface area contributed by atoms with Gasteiger partial charge in [0.05, 0.1) is 0 Å². The van der Waals surface area contributed by atoms with Crippen molar-refractivity contribution < 1.29 is 19.8 Å². The van der Waals surface area contributed by atoms with E-state index in [1.807, 2.05) is 6.92 Å². The molecule has 0 fully saturated rings. The first-order valence-electron chi connectivity index (χ1n) is 4.05. The van der Waals surface area contributed by atoms with Crippen molar-refractivity contribution in [3.8, 4) is 0 Å². The molecule has 0 aliphatic heterocycles. The van der Waals surface area contributed by atoms with Gasteiger partial charge < -0.3 is 10.2 Å². The fraction of sp³-hybridized carbons (Fsp3) is 0.556. The molecule has 0 amide bonds. The molecule has 4 nitrogen and oxygen atoms in total. The zero-order chi connectivity index (χ0) is 10.7. The Morgan fingerprint density at radius 2 is 1.38 bits per heavy atom. The summed E-state index contributed by atoms with van der Waals surface area (Å²) in [4.78, 5) is 19.8. The van der Waals surface area contributed by atoms with Gasteiger partial charge >= 0.3 is 11.9 Å². The number of carbonyl (C=O) groups is 2. The van der Waals surface area contributed by atoms with Crippen molar-refractivity contribution in [2.24, 2.45) is 0 Å². The molecule has 2 N–H and O–H groups in total. The predicted octanol–water partition coefficient (Wildman–Crippen LogP) is 1.91. The Morgan fingerprint density at radius 3 is 1.54 bits per heavy atom. The molecule has 0 atom stereocenters. The SMILES string of the molecule is C=CC.O=C(O)CCCCC(=O)O. The fourth-order valence-corrected chi connectivity index (χ4v) is 0.552. The van der Waals surface area contributed by atoms with E-state index in [9.17, 15) is 9.59 Å². The molecule has 76 valence electrons. The lowest BCUT2D eigenvalue weighted by atomic mass is 10.2. The molecule has 13 heavy (non-hydrogen) atoms. The van der Waals surface area contributed by atoms with E-state index in [1.54, 1.807) is 6.08 Å². The van der Waals surface area contributed by atoms with Gasteiger partial charge in [-0.1, -0.05) is 6.08 Å². The zero-order valence-corrected chi connectivity index (χ0v) is 7.82. The van der Waals surface area contributed by atoms with Gasteiger partial charge in [-0.3, -0.25) is 9.59 Å². The van der Waals surface area contributed by atoms with Gasteiger partial charge in [-0.15, -0.1) is 6.58 Å². The van der Waals surface area contributed by atoms with Crippen LogP contribution in [0.1, 0.15) is 32.6 Å². The second kappa shape index (κ2) is 10.7. The molecule has 4 heteroatoms. The Hall–Kier alpha value is -1.32. The highest BCUT2D eigenvalue weighted by atomic mass is 16.4. The van der Waals surface area contributed by atoms with Crippen LogP contribution in [0.4, 0.5) is 0 Å². The average Bonchev–Trinajstić information content (AvgIpc) is 1.99. The maximum atomic E-state index is 9.90.